The summed E-state index contributed by atoms with van der Waals surface area (Å²) >= 11 is 0. The molecule has 0 aliphatic carbocycles. The number of esters is 1. The summed E-state index contributed by atoms with van der Waals surface area (Å²) in [7, 11) is 0. The van der Waals surface area contributed by atoms with E-state index in [1.165, 1.54) is 5.56 Å². The number of rotatable bonds is 7. The number of aromatic nitrogens is 3. The number of nitrogens with zero attached hydrogens (tertiary/aromatic N) is 3. The minimum Gasteiger partial charge on any atom is -0.462 e. The molecule has 0 atom stereocenters. The fourth-order valence-electron chi connectivity index (χ4n) is 3.15. The van der Waals surface area contributed by atoms with Crippen LogP contribution in [0, 0.1) is 0 Å². The molecule has 0 amide bonds. The van der Waals surface area contributed by atoms with Gasteiger partial charge in [-0.2, -0.15) is 5.10 Å². The Balaban J connectivity index is 1.75. The predicted molar refractivity (Wildman–Crippen MR) is 107 cm³/mol. The average molecular weight is 386 g/mol. The highest BCUT2D eigenvalue weighted by Gasteiger charge is 2.21. The van der Waals surface area contributed by atoms with Crippen LogP contribution in [0.3, 0.4) is 0 Å². The number of hydrogen-bond acceptors (Lipinski definition) is 6. The van der Waals surface area contributed by atoms with E-state index in [0.717, 1.165) is 43.0 Å². The highest BCUT2D eigenvalue weighted by atomic mass is 16.5. The van der Waals surface area contributed by atoms with E-state index in [-0.39, 0.29) is 11.6 Å². The van der Waals surface area contributed by atoms with Crippen LogP contribution in [0.2, 0.25) is 0 Å². The molecule has 0 saturated carbocycles. The first kappa shape index (κ1) is 20.3. The molecule has 0 spiro atoms. The van der Waals surface area contributed by atoms with Gasteiger partial charge in [0.25, 0.3) is 0 Å². The summed E-state index contributed by atoms with van der Waals surface area (Å²) in [6, 6.07) is 4.23. The van der Waals surface area contributed by atoms with E-state index in [9.17, 15) is 4.79 Å². The van der Waals surface area contributed by atoms with Crippen molar-refractivity contribution in [3.8, 4) is 0 Å². The Labute approximate surface area is 166 Å². The lowest BCUT2D eigenvalue weighted by molar-refractivity contribution is -0.0186. The second-order valence-corrected chi connectivity index (χ2v) is 7.94. The summed E-state index contributed by atoms with van der Waals surface area (Å²) in [5.74, 6) is 0.630. The first-order chi connectivity index (χ1) is 13.4. The van der Waals surface area contributed by atoms with Gasteiger partial charge in [0.05, 0.1) is 30.7 Å². The van der Waals surface area contributed by atoms with E-state index in [1.54, 1.807) is 13.1 Å². The van der Waals surface area contributed by atoms with E-state index in [4.69, 9.17) is 14.5 Å². The van der Waals surface area contributed by atoms with Crippen LogP contribution in [0.5, 0.6) is 0 Å². The van der Waals surface area contributed by atoms with Crippen LogP contribution in [0.4, 0.5) is 5.82 Å². The van der Waals surface area contributed by atoms with Crippen molar-refractivity contribution in [2.75, 3.05) is 18.5 Å². The fourth-order valence-corrected chi connectivity index (χ4v) is 3.15. The van der Waals surface area contributed by atoms with Gasteiger partial charge in [-0.15, -0.1) is 0 Å². The monoisotopic (exact) mass is 386 g/mol. The molecule has 28 heavy (non-hydrogen) atoms. The van der Waals surface area contributed by atoms with Crippen LogP contribution in [-0.4, -0.2) is 39.5 Å². The normalized spacial score (nSPS) is 13.7. The van der Waals surface area contributed by atoms with E-state index < -0.39 is 0 Å². The fraction of sp³-hybridized carbons (Fsp3) is 0.571. The summed E-state index contributed by atoms with van der Waals surface area (Å²) in [5.41, 5.74) is 3.17. The van der Waals surface area contributed by atoms with Crippen LogP contribution < -0.4 is 5.32 Å². The van der Waals surface area contributed by atoms with Crippen molar-refractivity contribution < 1.29 is 14.3 Å². The number of carbonyl (C=O) groups excluding carboxylic acids is 1. The minimum absolute atomic E-state index is 0.302. The quantitative estimate of drug-likeness (QED) is 0.735. The zero-order chi connectivity index (χ0) is 20.1. The molecule has 0 bridgehead atoms. The summed E-state index contributed by atoms with van der Waals surface area (Å²) in [6.07, 6.45) is 4.52. The molecule has 0 saturated heterocycles. The molecule has 3 heterocycles. The van der Waals surface area contributed by atoms with Crippen molar-refractivity contribution in [1.82, 2.24) is 14.8 Å². The second kappa shape index (κ2) is 8.73. The van der Waals surface area contributed by atoms with Gasteiger partial charge in [0.15, 0.2) is 0 Å². The van der Waals surface area contributed by atoms with E-state index >= 15 is 0 Å². The Morgan fingerprint density at radius 1 is 1.32 bits per heavy atom. The molecule has 1 aliphatic rings. The molecule has 152 valence electrons. The summed E-state index contributed by atoms with van der Waals surface area (Å²) in [6.45, 7) is 9.98. The molecule has 0 radical (unpaired) electrons. The topological polar surface area (TPSA) is 78.3 Å². The van der Waals surface area contributed by atoms with Crippen LogP contribution in [-0.2, 0) is 35.5 Å². The molecule has 1 N–H and O–H groups in total. The number of aryl methyl sites for hydroxylation is 3. The van der Waals surface area contributed by atoms with E-state index in [2.05, 4.69) is 22.5 Å². The zero-order valence-corrected chi connectivity index (χ0v) is 17.2. The molecule has 0 fully saturated rings. The van der Waals surface area contributed by atoms with Gasteiger partial charge in [-0.1, -0.05) is 6.07 Å². The van der Waals surface area contributed by atoms with Crippen molar-refractivity contribution in [3.63, 3.8) is 0 Å². The maximum atomic E-state index is 12.3. The van der Waals surface area contributed by atoms with Gasteiger partial charge in [-0.3, -0.25) is 4.68 Å². The molecular formula is C21H30N4O3. The number of carbonyl (C=O) groups is 1. The van der Waals surface area contributed by atoms with Crippen LogP contribution >= 0.6 is 0 Å². The minimum atomic E-state index is -0.364. The number of fused-ring (bicyclic) bond motifs is 1. The van der Waals surface area contributed by atoms with Crippen LogP contribution in [0.1, 0.15) is 61.4 Å². The molecule has 7 heteroatoms. The third-order valence-corrected chi connectivity index (χ3v) is 4.62. The summed E-state index contributed by atoms with van der Waals surface area (Å²) in [4.78, 5) is 17.0. The Morgan fingerprint density at radius 2 is 2.14 bits per heavy atom. The van der Waals surface area contributed by atoms with Crippen molar-refractivity contribution >= 4 is 11.8 Å². The SMILES string of the molecule is CCOC(=O)c1cnn(CCc2ccc3c(n2)NCCC3)c1COC(C)(C)C. The predicted octanol–water partition coefficient (Wildman–Crippen LogP) is 3.37. The van der Waals surface area contributed by atoms with Crippen LogP contribution in [0.15, 0.2) is 18.3 Å². The average Bonchev–Trinajstić information content (AvgIpc) is 3.07. The Kier molecular flexibility index (Phi) is 6.34. The molecule has 0 aromatic carbocycles. The lowest BCUT2D eigenvalue weighted by Crippen LogP contribution is -2.22. The Hall–Kier alpha value is -2.41. The van der Waals surface area contributed by atoms with Gasteiger partial charge < -0.3 is 14.8 Å². The number of anilines is 1. The van der Waals surface area contributed by atoms with Gasteiger partial charge >= 0.3 is 5.97 Å². The Bertz CT molecular complexity index is 824. The lowest BCUT2D eigenvalue weighted by Gasteiger charge is -2.20. The Morgan fingerprint density at radius 3 is 2.89 bits per heavy atom. The molecule has 2 aromatic heterocycles. The highest BCUT2D eigenvalue weighted by molar-refractivity contribution is 5.90. The maximum Gasteiger partial charge on any atom is 0.341 e. The number of ether oxygens (including phenoxy) is 2. The van der Waals surface area contributed by atoms with Crippen molar-refractivity contribution in [2.45, 2.75) is 65.7 Å². The van der Waals surface area contributed by atoms with Crippen molar-refractivity contribution in [2.24, 2.45) is 0 Å². The molecule has 7 nitrogen and oxygen atoms in total. The van der Waals surface area contributed by atoms with Gasteiger partial charge in [-0.05, 0) is 52.2 Å². The van der Waals surface area contributed by atoms with E-state index in [1.807, 2.05) is 25.5 Å². The van der Waals surface area contributed by atoms with Gasteiger partial charge in [0.2, 0.25) is 0 Å². The molecular weight excluding hydrogens is 356 g/mol. The van der Waals surface area contributed by atoms with Crippen LogP contribution in [0.25, 0.3) is 0 Å². The summed E-state index contributed by atoms with van der Waals surface area (Å²) in [5, 5.41) is 7.78. The van der Waals surface area contributed by atoms with Crippen molar-refractivity contribution in [3.05, 3.63) is 40.8 Å². The zero-order valence-electron chi connectivity index (χ0n) is 17.2. The number of nitrogens with one attached hydrogen (secondary N) is 1. The molecule has 2 aromatic rings. The maximum absolute atomic E-state index is 12.3. The standard InChI is InChI=1S/C21H30N4O3/c1-5-27-20(26)17-13-23-25(18(17)14-28-21(2,3)4)12-10-16-9-8-15-7-6-11-22-19(15)24-16/h8-9,13H,5-7,10-12,14H2,1-4H3,(H,22,24). The van der Waals surface area contributed by atoms with Crippen molar-refractivity contribution in [1.29, 1.82) is 0 Å². The van der Waals surface area contributed by atoms with Gasteiger partial charge in [0.1, 0.15) is 11.4 Å². The second-order valence-electron chi connectivity index (χ2n) is 7.94. The number of hydrogen-bond donors (Lipinski definition) is 1. The van der Waals surface area contributed by atoms with E-state index in [0.29, 0.717) is 25.3 Å². The smallest absolute Gasteiger partial charge is 0.341 e. The molecule has 3 rings (SSSR count). The molecule has 1 aliphatic heterocycles. The third-order valence-electron chi connectivity index (χ3n) is 4.62. The molecule has 0 unspecified atom stereocenters. The third kappa shape index (κ3) is 5.10. The summed E-state index contributed by atoms with van der Waals surface area (Å²) < 4.78 is 12.9. The van der Waals surface area contributed by atoms with Gasteiger partial charge in [0, 0.05) is 25.2 Å². The first-order valence-corrected chi connectivity index (χ1v) is 9.96. The number of pyridine rings is 1. The highest BCUT2D eigenvalue weighted by Crippen LogP contribution is 2.21. The first-order valence-electron chi connectivity index (χ1n) is 9.96. The van der Waals surface area contributed by atoms with Gasteiger partial charge in [-0.25, -0.2) is 9.78 Å². The lowest BCUT2D eigenvalue weighted by atomic mass is 10.1. The largest absolute Gasteiger partial charge is 0.462 e.